The van der Waals surface area contributed by atoms with Crippen molar-refractivity contribution >= 4 is 0 Å². The summed E-state index contributed by atoms with van der Waals surface area (Å²) in [5.41, 5.74) is 7.31. The summed E-state index contributed by atoms with van der Waals surface area (Å²) in [5, 5.41) is 3.00. The first kappa shape index (κ1) is 10.5. The molecule has 0 fully saturated rings. The lowest BCUT2D eigenvalue weighted by Gasteiger charge is -2.15. The van der Waals surface area contributed by atoms with Gasteiger partial charge < -0.3 is 10.1 Å². The number of hydrazine groups is 1. The van der Waals surface area contributed by atoms with E-state index in [9.17, 15) is 0 Å². The van der Waals surface area contributed by atoms with E-state index < -0.39 is 0 Å². The quantitative estimate of drug-likeness (QED) is 0.308. The largest absolute Gasteiger partial charge is 0.359 e. The Morgan fingerprint density at radius 3 is 2.69 bits per heavy atom. The van der Waals surface area contributed by atoms with Gasteiger partial charge in [-0.2, -0.15) is 0 Å². The highest BCUT2D eigenvalue weighted by atomic mass is 16.5. The average molecular weight is 185 g/mol. The van der Waals surface area contributed by atoms with Gasteiger partial charge in [0.25, 0.3) is 0 Å². The number of ether oxygens (including phenoxy) is 1. The van der Waals surface area contributed by atoms with E-state index in [0.717, 1.165) is 24.6 Å². The van der Waals surface area contributed by atoms with Gasteiger partial charge in [0.2, 0.25) is 0 Å². The monoisotopic (exact) mass is 185 g/mol. The number of rotatable bonds is 7. The second-order valence-corrected chi connectivity index (χ2v) is 3.61. The molecule has 1 rings (SSSR count). The topological polar surface area (TPSA) is 55.2 Å². The van der Waals surface area contributed by atoms with Crippen molar-refractivity contribution in [3.63, 3.8) is 0 Å². The summed E-state index contributed by atoms with van der Waals surface area (Å²) in [6.07, 6.45) is 3.05. The van der Waals surface area contributed by atoms with Crippen molar-refractivity contribution in [2.75, 3.05) is 13.7 Å². The van der Waals surface area contributed by atoms with Crippen LogP contribution >= 0.6 is 0 Å². The van der Waals surface area contributed by atoms with Crippen LogP contribution in [0.1, 0.15) is 20.3 Å². The zero-order valence-electron chi connectivity index (χ0n) is 8.55. The third kappa shape index (κ3) is 4.26. The predicted molar refractivity (Wildman–Crippen MR) is 52.6 cm³/mol. The van der Waals surface area contributed by atoms with Crippen molar-refractivity contribution in [1.82, 2.24) is 16.2 Å². The van der Waals surface area contributed by atoms with Crippen molar-refractivity contribution in [3.05, 3.63) is 11.9 Å². The number of nitrogens with one attached hydrogen (secondary N) is 3. The molecular formula is C9H19N3O. The van der Waals surface area contributed by atoms with Crippen molar-refractivity contribution in [3.8, 4) is 0 Å². The second kappa shape index (κ2) is 5.21. The third-order valence-electron chi connectivity index (χ3n) is 1.91. The van der Waals surface area contributed by atoms with Crippen LogP contribution in [-0.4, -0.2) is 19.9 Å². The van der Waals surface area contributed by atoms with Gasteiger partial charge in [-0.1, -0.05) is 13.8 Å². The van der Waals surface area contributed by atoms with Gasteiger partial charge in [-0.05, 0) is 12.3 Å². The highest BCUT2D eigenvalue weighted by molar-refractivity contribution is 5.20. The van der Waals surface area contributed by atoms with E-state index in [1.54, 1.807) is 7.11 Å². The highest BCUT2D eigenvalue weighted by Crippen LogP contribution is 2.07. The van der Waals surface area contributed by atoms with Gasteiger partial charge in [-0.3, -0.25) is 5.43 Å². The van der Waals surface area contributed by atoms with Crippen LogP contribution in [0, 0.1) is 5.92 Å². The van der Waals surface area contributed by atoms with Gasteiger partial charge in [-0.15, -0.1) is 0 Å². The van der Waals surface area contributed by atoms with Gasteiger partial charge in [0.05, 0.1) is 5.70 Å². The Morgan fingerprint density at radius 1 is 1.54 bits per heavy atom. The zero-order valence-corrected chi connectivity index (χ0v) is 8.55. The van der Waals surface area contributed by atoms with E-state index in [4.69, 9.17) is 4.74 Å². The standard InChI is InChI=1S/C9H19N3O/c1-7(2)4-5-11-12-9(13-3)8-6-10-8/h6-7,9-12H,4-5H2,1-3H3/t9-/m0/s1. The summed E-state index contributed by atoms with van der Waals surface area (Å²) in [6.45, 7) is 5.38. The second-order valence-electron chi connectivity index (χ2n) is 3.61. The van der Waals surface area contributed by atoms with Crippen LogP contribution in [0.3, 0.4) is 0 Å². The Hall–Kier alpha value is -0.580. The molecule has 0 saturated heterocycles. The fraction of sp³-hybridized carbons (Fsp3) is 0.778. The van der Waals surface area contributed by atoms with Crippen LogP contribution in [0.4, 0.5) is 0 Å². The molecule has 0 spiro atoms. The Balaban J connectivity index is 2.00. The molecule has 1 aliphatic rings. The van der Waals surface area contributed by atoms with Gasteiger partial charge in [-0.25, -0.2) is 5.43 Å². The molecule has 0 unspecified atom stereocenters. The lowest BCUT2D eigenvalue weighted by molar-refractivity contribution is 0.0907. The third-order valence-corrected chi connectivity index (χ3v) is 1.91. The molecule has 1 atom stereocenters. The highest BCUT2D eigenvalue weighted by Gasteiger charge is 2.18. The molecule has 1 heterocycles. The zero-order chi connectivity index (χ0) is 9.68. The van der Waals surface area contributed by atoms with E-state index in [1.807, 2.05) is 6.20 Å². The van der Waals surface area contributed by atoms with Gasteiger partial charge >= 0.3 is 0 Å². The van der Waals surface area contributed by atoms with Gasteiger partial charge in [0, 0.05) is 19.9 Å². The van der Waals surface area contributed by atoms with Crippen LogP contribution in [0.25, 0.3) is 0 Å². The fourth-order valence-electron chi connectivity index (χ4n) is 0.982. The summed E-state index contributed by atoms with van der Waals surface area (Å²) in [5.74, 6) is 0.730. The molecular weight excluding hydrogens is 166 g/mol. The number of hydrogen-bond donors (Lipinski definition) is 3. The molecule has 0 amide bonds. The Bertz CT molecular complexity index is 180. The van der Waals surface area contributed by atoms with Gasteiger partial charge in [0.15, 0.2) is 6.23 Å². The first-order chi connectivity index (χ1) is 6.24. The van der Waals surface area contributed by atoms with E-state index >= 15 is 0 Å². The summed E-state index contributed by atoms with van der Waals surface area (Å²) >= 11 is 0. The Morgan fingerprint density at radius 2 is 2.23 bits per heavy atom. The fourth-order valence-corrected chi connectivity index (χ4v) is 0.982. The summed E-state index contributed by atoms with van der Waals surface area (Å²) in [6, 6.07) is 0. The first-order valence-electron chi connectivity index (χ1n) is 4.72. The molecule has 0 aromatic carbocycles. The summed E-state index contributed by atoms with van der Waals surface area (Å²) < 4.78 is 5.18. The minimum absolute atomic E-state index is 0.0350. The molecule has 0 bridgehead atoms. The molecule has 0 aromatic heterocycles. The minimum atomic E-state index is -0.0350. The summed E-state index contributed by atoms with van der Waals surface area (Å²) in [7, 11) is 1.68. The predicted octanol–water partition coefficient (Wildman–Crippen LogP) is 0.544. The van der Waals surface area contributed by atoms with Gasteiger partial charge in [0.1, 0.15) is 0 Å². The Kier molecular flexibility index (Phi) is 4.21. The van der Waals surface area contributed by atoms with Crippen molar-refractivity contribution in [1.29, 1.82) is 0 Å². The molecule has 0 aliphatic carbocycles. The molecule has 76 valence electrons. The van der Waals surface area contributed by atoms with E-state index in [-0.39, 0.29) is 6.23 Å². The SMILES string of the molecule is CO[C@H](NNCCC(C)C)C1=CN1. The number of hydrogen-bond acceptors (Lipinski definition) is 4. The maximum absolute atomic E-state index is 5.18. The van der Waals surface area contributed by atoms with Crippen LogP contribution in [0.15, 0.2) is 11.9 Å². The van der Waals surface area contributed by atoms with E-state index in [0.29, 0.717) is 0 Å². The van der Waals surface area contributed by atoms with Crippen molar-refractivity contribution in [2.45, 2.75) is 26.5 Å². The smallest absolute Gasteiger partial charge is 0.162 e. The maximum atomic E-state index is 5.18. The first-order valence-corrected chi connectivity index (χ1v) is 4.72. The molecule has 0 radical (unpaired) electrons. The van der Waals surface area contributed by atoms with E-state index in [1.165, 1.54) is 0 Å². The molecule has 1 aliphatic heterocycles. The molecule has 13 heavy (non-hydrogen) atoms. The minimum Gasteiger partial charge on any atom is -0.359 e. The molecule has 4 nitrogen and oxygen atoms in total. The lowest BCUT2D eigenvalue weighted by Crippen LogP contribution is -2.43. The van der Waals surface area contributed by atoms with Crippen LogP contribution in [0.2, 0.25) is 0 Å². The maximum Gasteiger partial charge on any atom is 0.162 e. The molecule has 0 saturated carbocycles. The van der Waals surface area contributed by atoms with Crippen LogP contribution in [-0.2, 0) is 4.74 Å². The Labute approximate surface area is 79.7 Å². The molecule has 4 heteroatoms. The van der Waals surface area contributed by atoms with Crippen molar-refractivity contribution in [2.24, 2.45) is 5.92 Å². The number of methoxy groups -OCH3 is 1. The average Bonchev–Trinajstić information content (AvgIpc) is 2.87. The van der Waals surface area contributed by atoms with E-state index in [2.05, 4.69) is 30.0 Å². The van der Waals surface area contributed by atoms with Crippen molar-refractivity contribution < 1.29 is 4.74 Å². The molecule has 3 N–H and O–H groups in total. The summed E-state index contributed by atoms with van der Waals surface area (Å²) in [4.78, 5) is 0. The van der Waals surface area contributed by atoms with Crippen LogP contribution < -0.4 is 16.2 Å². The lowest BCUT2D eigenvalue weighted by atomic mass is 10.1. The normalized spacial score (nSPS) is 16.8. The molecule has 0 aromatic rings. The van der Waals surface area contributed by atoms with Crippen LogP contribution in [0.5, 0.6) is 0 Å².